The predicted molar refractivity (Wildman–Crippen MR) is 117 cm³/mol. The van der Waals surface area contributed by atoms with Crippen LogP contribution in [0.3, 0.4) is 0 Å². The number of hydrogen-bond donors (Lipinski definition) is 1. The van der Waals surface area contributed by atoms with E-state index in [4.69, 9.17) is 9.15 Å². The summed E-state index contributed by atoms with van der Waals surface area (Å²) in [5.74, 6) is 0.802. The van der Waals surface area contributed by atoms with Crippen LogP contribution in [0.25, 0.3) is 17.0 Å². The smallest absolute Gasteiger partial charge is 0.262 e. The lowest BCUT2D eigenvalue weighted by Crippen LogP contribution is -2.27. The Kier molecular flexibility index (Phi) is 6.31. The molecule has 3 aromatic rings. The molecule has 2 heterocycles. The third kappa shape index (κ3) is 4.11. The van der Waals surface area contributed by atoms with Crippen molar-refractivity contribution in [3.05, 3.63) is 58.6 Å². The van der Waals surface area contributed by atoms with Gasteiger partial charge in [0.15, 0.2) is 11.3 Å². The molecule has 1 unspecified atom stereocenters. The third-order valence-electron chi connectivity index (χ3n) is 5.25. The molecule has 1 amide bonds. The number of carbonyl (C=O) groups excluding carboxylic acids is 1. The Hall–Kier alpha value is -3.46. The molecule has 2 aromatic heterocycles. The topological polar surface area (TPSA) is 80.2 Å². The summed E-state index contributed by atoms with van der Waals surface area (Å²) >= 11 is 0. The Morgan fingerprint density at radius 3 is 2.80 bits per heavy atom. The van der Waals surface area contributed by atoms with Gasteiger partial charge in [-0.3, -0.25) is 4.79 Å². The summed E-state index contributed by atoms with van der Waals surface area (Å²) in [6.45, 7) is 8.89. The molecule has 0 saturated heterocycles. The van der Waals surface area contributed by atoms with Crippen LogP contribution in [0.1, 0.15) is 49.0 Å². The Bertz CT molecular complexity index is 1140. The van der Waals surface area contributed by atoms with Gasteiger partial charge in [-0.1, -0.05) is 19.1 Å². The second-order valence-electron chi connectivity index (χ2n) is 7.37. The molecule has 30 heavy (non-hydrogen) atoms. The van der Waals surface area contributed by atoms with E-state index in [1.165, 1.54) is 0 Å². The van der Waals surface area contributed by atoms with Crippen molar-refractivity contribution in [2.24, 2.45) is 0 Å². The molecular weight excluding hydrogens is 378 g/mol. The number of fused-ring (bicyclic) bond motifs is 1. The summed E-state index contributed by atoms with van der Waals surface area (Å²) < 4.78 is 13.4. The van der Waals surface area contributed by atoms with Crippen LogP contribution in [0, 0.1) is 25.2 Å². The van der Waals surface area contributed by atoms with Crippen LogP contribution in [0.2, 0.25) is 0 Å². The highest BCUT2D eigenvalue weighted by Gasteiger charge is 2.19. The minimum Gasteiger partial charge on any atom is -0.493 e. The van der Waals surface area contributed by atoms with E-state index in [2.05, 4.69) is 16.8 Å². The minimum atomic E-state index is -0.433. The van der Waals surface area contributed by atoms with Crippen LogP contribution < -0.4 is 10.1 Å². The molecular formula is C24H27N3O3. The molecule has 0 aliphatic carbocycles. The van der Waals surface area contributed by atoms with Crippen molar-refractivity contribution in [1.82, 2.24) is 9.88 Å². The van der Waals surface area contributed by atoms with Crippen molar-refractivity contribution in [3.8, 4) is 11.8 Å². The van der Waals surface area contributed by atoms with E-state index >= 15 is 0 Å². The number of ether oxygens (including phenoxy) is 1. The lowest BCUT2D eigenvalue weighted by atomic mass is 10.1. The summed E-state index contributed by atoms with van der Waals surface area (Å²) in [4.78, 5) is 12.8. The predicted octanol–water partition coefficient (Wildman–Crippen LogP) is 5.05. The molecule has 0 aliphatic rings. The van der Waals surface area contributed by atoms with Crippen molar-refractivity contribution in [1.29, 1.82) is 5.26 Å². The zero-order valence-electron chi connectivity index (χ0n) is 18.1. The van der Waals surface area contributed by atoms with Crippen LogP contribution in [0.15, 0.2) is 40.3 Å². The van der Waals surface area contributed by atoms with E-state index in [9.17, 15) is 10.1 Å². The molecule has 0 fully saturated rings. The van der Waals surface area contributed by atoms with Gasteiger partial charge in [-0.25, -0.2) is 0 Å². The summed E-state index contributed by atoms with van der Waals surface area (Å²) in [6, 6.07) is 11.1. The number of para-hydroxylation sites is 1. The number of aromatic nitrogens is 1. The number of nitrogens with one attached hydrogen (secondary N) is 1. The summed E-state index contributed by atoms with van der Waals surface area (Å²) in [7, 11) is 1.59. The number of nitriles is 1. The standard InChI is InChI=1S/C24H27N3O3/c1-6-10-27-15(2)11-19(17(27)4)12-20(14-25)24(28)26-16(3)22-13-18-8-7-9-21(29-5)23(18)30-22/h7-9,11-13,16H,6,10H2,1-5H3,(H,26,28)/b20-12-. The van der Waals surface area contributed by atoms with E-state index in [1.54, 1.807) is 13.2 Å². The first-order valence-electron chi connectivity index (χ1n) is 10.0. The highest BCUT2D eigenvalue weighted by molar-refractivity contribution is 6.02. The van der Waals surface area contributed by atoms with Crippen molar-refractivity contribution < 1.29 is 13.9 Å². The van der Waals surface area contributed by atoms with E-state index in [0.29, 0.717) is 17.1 Å². The molecule has 156 valence electrons. The lowest BCUT2D eigenvalue weighted by Gasteiger charge is -2.11. The van der Waals surface area contributed by atoms with E-state index in [-0.39, 0.29) is 5.57 Å². The van der Waals surface area contributed by atoms with Gasteiger partial charge < -0.3 is 19.0 Å². The highest BCUT2D eigenvalue weighted by atomic mass is 16.5. The Labute approximate surface area is 176 Å². The van der Waals surface area contributed by atoms with E-state index < -0.39 is 11.9 Å². The Morgan fingerprint density at radius 1 is 1.37 bits per heavy atom. The quantitative estimate of drug-likeness (QED) is 0.440. The average Bonchev–Trinajstić information content (AvgIpc) is 3.28. The van der Waals surface area contributed by atoms with Gasteiger partial charge in [-0.15, -0.1) is 0 Å². The number of methoxy groups -OCH3 is 1. The molecule has 0 spiro atoms. The normalized spacial score (nSPS) is 12.6. The average molecular weight is 405 g/mol. The Balaban J connectivity index is 1.83. The molecule has 1 aromatic carbocycles. The molecule has 3 rings (SSSR count). The molecule has 6 heteroatoms. The number of aryl methyl sites for hydroxylation is 1. The first kappa shape index (κ1) is 21.3. The van der Waals surface area contributed by atoms with Gasteiger partial charge in [0.1, 0.15) is 17.4 Å². The minimum absolute atomic E-state index is 0.0623. The van der Waals surface area contributed by atoms with Gasteiger partial charge in [0.25, 0.3) is 5.91 Å². The van der Waals surface area contributed by atoms with E-state index in [1.807, 2.05) is 57.2 Å². The molecule has 0 bridgehead atoms. The molecule has 0 radical (unpaired) electrons. The second kappa shape index (κ2) is 8.91. The van der Waals surface area contributed by atoms with Gasteiger partial charge in [0.2, 0.25) is 0 Å². The fourth-order valence-electron chi connectivity index (χ4n) is 3.62. The number of rotatable bonds is 7. The third-order valence-corrected chi connectivity index (χ3v) is 5.25. The number of benzene rings is 1. The molecule has 6 nitrogen and oxygen atoms in total. The van der Waals surface area contributed by atoms with Crippen molar-refractivity contribution in [2.45, 2.75) is 46.7 Å². The number of amides is 1. The van der Waals surface area contributed by atoms with Gasteiger partial charge in [-0.05, 0) is 57.0 Å². The van der Waals surface area contributed by atoms with E-state index in [0.717, 1.165) is 35.3 Å². The summed E-state index contributed by atoms with van der Waals surface area (Å²) in [6.07, 6.45) is 2.67. The van der Waals surface area contributed by atoms with Crippen LogP contribution in [0.4, 0.5) is 0 Å². The maximum atomic E-state index is 12.8. The maximum absolute atomic E-state index is 12.8. The van der Waals surface area contributed by atoms with Crippen molar-refractivity contribution in [2.75, 3.05) is 7.11 Å². The van der Waals surface area contributed by atoms with Crippen molar-refractivity contribution >= 4 is 23.0 Å². The second-order valence-corrected chi connectivity index (χ2v) is 7.37. The fourth-order valence-corrected chi connectivity index (χ4v) is 3.62. The molecule has 1 N–H and O–H groups in total. The molecule has 0 saturated carbocycles. The van der Waals surface area contributed by atoms with Crippen LogP contribution >= 0.6 is 0 Å². The van der Waals surface area contributed by atoms with Gasteiger partial charge in [-0.2, -0.15) is 5.26 Å². The number of carbonyl (C=O) groups is 1. The number of hydrogen-bond acceptors (Lipinski definition) is 4. The van der Waals surface area contributed by atoms with Crippen LogP contribution in [0.5, 0.6) is 5.75 Å². The van der Waals surface area contributed by atoms with Gasteiger partial charge >= 0.3 is 0 Å². The van der Waals surface area contributed by atoms with Crippen LogP contribution in [-0.4, -0.2) is 17.6 Å². The monoisotopic (exact) mass is 405 g/mol. The van der Waals surface area contributed by atoms with Gasteiger partial charge in [0, 0.05) is 23.3 Å². The maximum Gasteiger partial charge on any atom is 0.262 e. The summed E-state index contributed by atoms with van der Waals surface area (Å²) in [5.41, 5.74) is 3.74. The van der Waals surface area contributed by atoms with Crippen molar-refractivity contribution in [3.63, 3.8) is 0 Å². The Morgan fingerprint density at radius 2 is 2.13 bits per heavy atom. The number of nitrogens with zero attached hydrogens (tertiary/aromatic N) is 2. The van der Waals surface area contributed by atoms with Crippen LogP contribution in [-0.2, 0) is 11.3 Å². The highest BCUT2D eigenvalue weighted by Crippen LogP contribution is 2.31. The SMILES string of the molecule is CCCn1c(C)cc(/C=C(/C#N)C(=O)NC(C)c2cc3cccc(OC)c3o2)c1C. The molecule has 1 atom stereocenters. The first-order valence-corrected chi connectivity index (χ1v) is 10.0. The summed E-state index contributed by atoms with van der Waals surface area (Å²) in [5, 5.41) is 13.3. The zero-order valence-corrected chi connectivity index (χ0v) is 18.1. The number of furan rings is 1. The largest absolute Gasteiger partial charge is 0.493 e. The molecule has 0 aliphatic heterocycles. The lowest BCUT2D eigenvalue weighted by molar-refractivity contribution is -0.117. The fraction of sp³-hybridized carbons (Fsp3) is 0.333. The zero-order chi connectivity index (χ0) is 21.8. The first-order chi connectivity index (χ1) is 14.4. The van der Waals surface area contributed by atoms with Gasteiger partial charge in [0.05, 0.1) is 13.2 Å².